The van der Waals surface area contributed by atoms with Crippen LogP contribution in [0.1, 0.15) is 24.4 Å². The predicted molar refractivity (Wildman–Crippen MR) is 97.0 cm³/mol. The van der Waals surface area contributed by atoms with Crippen LogP contribution in [0.15, 0.2) is 40.8 Å². The molecule has 2 aliphatic heterocycles. The predicted octanol–water partition coefficient (Wildman–Crippen LogP) is 3.44. The van der Waals surface area contributed by atoms with Crippen LogP contribution in [-0.2, 0) is 11.3 Å². The first-order chi connectivity index (χ1) is 12.1. The summed E-state index contributed by atoms with van der Waals surface area (Å²) in [4.78, 5) is 2.44. The summed E-state index contributed by atoms with van der Waals surface area (Å²) in [6.45, 7) is 5.67. The molecule has 2 unspecified atom stereocenters. The van der Waals surface area contributed by atoms with Crippen LogP contribution < -0.4 is 10.1 Å². The average Bonchev–Trinajstić information content (AvgIpc) is 3.31. The number of hydrogen-bond acceptors (Lipinski definition) is 5. The number of aryl methyl sites for hydroxylation is 1. The molecule has 5 nitrogen and oxygen atoms in total. The van der Waals surface area contributed by atoms with Crippen LogP contribution >= 0.6 is 0 Å². The molecule has 1 spiro atoms. The van der Waals surface area contributed by atoms with Crippen LogP contribution in [0.3, 0.4) is 0 Å². The van der Waals surface area contributed by atoms with Gasteiger partial charge in [-0.1, -0.05) is 0 Å². The van der Waals surface area contributed by atoms with Gasteiger partial charge in [0.05, 0.1) is 31.9 Å². The number of benzene rings is 1. The molecule has 4 rings (SSSR count). The highest BCUT2D eigenvalue weighted by Crippen LogP contribution is 2.36. The Morgan fingerprint density at radius 3 is 2.80 bits per heavy atom. The molecule has 0 saturated carbocycles. The number of furan rings is 1. The minimum Gasteiger partial charge on any atom is -0.497 e. The van der Waals surface area contributed by atoms with Gasteiger partial charge in [-0.25, -0.2) is 0 Å². The number of anilines is 1. The van der Waals surface area contributed by atoms with Crippen LogP contribution in [0.25, 0.3) is 0 Å². The van der Waals surface area contributed by atoms with E-state index in [0.717, 1.165) is 62.0 Å². The van der Waals surface area contributed by atoms with Crippen molar-refractivity contribution in [1.29, 1.82) is 0 Å². The Balaban J connectivity index is 1.32. The zero-order valence-electron chi connectivity index (χ0n) is 15.0. The molecule has 25 heavy (non-hydrogen) atoms. The number of likely N-dealkylation sites (tertiary alicyclic amines) is 1. The van der Waals surface area contributed by atoms with Gasteiger partial charge in [0.1, 0.15) is 17.3 Å². The van der Waals surface area contributed by atoms with Crippen LogP contribution in [-0.4, -0.2) is 43.3 Å². The molecular formula is C20H26N2O3. The molecule has 2 aromatic rings. The quantitative estimate of drug-likeness (QED) is 0.902. The second-order valence-corrected chi connectivity index (χ2v) is 7.24. The normalized spacial score (nSPS) is 26.4. The number of hydrogen-bond donors (Lipinski definition) is 1. The molecule has 5 heteroatoms. The van der Waals surface area contributed by atoms with Crippen molar-refractivity contribution in [2.24, 2.45) is 0 Å². The highest BCUT2D eigenvalue weighted by molar-refractivity contribution is 5.47. The van der Waals surface area contributed by atoms with Crippen molar-refractivity contribution in [3.8, 4) is 5.75 Å². The van der Waals surface area contributed by atoms with Gasteiger partial charge >= 0.3 is 0 Å². The summed E-state index contributed by atoms with van der Waals surface area (Å²) in [7, 11) is 1.69. The van der Waals surface area contributed by atoms with Gasteiger partial charge in [0.15, 0.2) is 0 Å². The fourth-order valence-electron chi connectivity index (χ4n) is 4.00. The lowest BCUT2D eigenvalue weighted by Gasteiger charge is -2.23. The van der Waals surface area contributed by atoms with Crippen LogP contribution in [0.2, 0.25) is 0 Å². The van der Waals surface area contributed by atoms with E-state index in [0.29, 0.717) is 6.04 Å². The van der Waals surface area contributed by atoms with Crippen molar-refractivity contribution in [1.82, 2.24) is 4.90 Å². The zero-order valence-corrected chi connectivity index (χ0v) is 15.0. The first-order valence-corrected chi connectivity index (χ1v) is 8.96. The van der Waals surface area contributed by atoms with Crippen LogP contribution in [0.4, 0.5) is 5.69 Å². The van der Waals surface area contributed by atoms with E-state index in [1.165, 1.54) is 0 Å². The van der Waals surface area contributed by atoms with Crippen molar-refractivity contribution in [2.75, 3.05) is 32.1 Å². The Hall–Kier alpha value is -1.98. The number of nitrogens with zero attached hydrogens (tertiary/aromatic N) is 1. The maximum Gasteiger partial charge on any atom is 0.119 e. The molecule has 2 saturated heterocycles. The van der Waals surface area contributed by atoms with Gasteiger partial charge in [0.25, 0.3) is 0 Å². The third kappa shape index (κ3) is 3.67. The topological polar surface area (TPSA) is 46.9 Å². The molecule has 3 heterocycles. The molecule has 134 valence electrons. The molecule has 2 atom stereocenters. The largest absolute Gasteiger partial charge is 0.497 e. The Morgan fingerprint density at radius 1 is 1.24 bits per heavy atom. The number of rotatable bonds is 5. The first kappa shape index (κ1) is 16.5. The average molecular weight is 342 g/mol. The van der Waals surface area contributed by atoms with Crippen molar-refractivity contribution in [3.05, 3.63) is 47.9 Å². The number of nitrogens with one attached hydrogen (secondary N) is 1. The van der Waals surface area contributed by atoms with Crippen molar-refractivity contribution < 1.29 is 13.9 Å². The Kier molecular flexibility index (Phi) is 4.44. The maximum atomic E-state index is 6.24. The second kappa shape index (κ2) is 6.73. The van der Waals surface area contributed by atoms with E-state index in [-0.39, 0.29) is 5.60 Å². The highest BCUT2D eigenvalue weighted by Gasteiger charge is 2.45. The lowest BCUT2D eigenvalue weighted by molar-refractivity contribution is 0.0115. The fraction of sp³-hybridized carbons (Fsp3) is 0.500. The standard InChI is InChI=1S/C20H26N2O3/c1-15-3-6-19(25-15)12-22-10-9-20(14-22)11-17(13-24-20)21-16-4-7-18(23-2)8-5-16/h3-8,17,21H,9-14H2,1-2H3. The van der Waals surface area contributed by atoms with Crippen molar-refractivity contribution in [3.63, 3.8) is 0 Å². The third-order valence-corrected chi connectivity index (χ3v) is 5.24. The number of methoxy groups -OCH3 is 1. The molecule has 2 fully saturated rings. The van der Waals surface area contributed by atoms with Crippen LogP contribution in [0, 0.1) is 6.92 Å². The molecule has 1 aromatic heterocycles. The lowest BCUT2D eigenvalue weighted by atomic mass is 9.97. The third-order valence-electron chi connectivity index (χ3n) is 5.24. The molecule has 0 aliphatic carbocycles. The molecule has 0 bridgehead atoms. The Morgan fingerprint density at radius 2 is 2.08 bits per heavy atom. The molecule has 2 aliphatic rings. The van der Waals surface area contributed by atoms with Crippen molar-refractivity contribution in [2.45, 2.75) is 38.0 Å². The van der Waals surface area contributed by atoms with E-state index in [2.05, 4.69) is 28.4 Å². The van der Waals surface area contributed by atoms with Gasteiger partial charge in [-0.05, 0) is 49.7 Å². The summed E-state index contributed by atoms with van der Waals surface area (Å²) in [6.07, 6.45) is 2.14. The second-order valence-electron chi connectivity index (χ2n) is 7.24. The summed E-state index contributed by atoms with van der Waals surface area (Å²) < 4.78 is 17.2. The summed E-state index contributed by atoms with van der Waals surface area (Å²) in [5.41, 5.74) is 1.11. The fourth-order valence-corrected chi connectivity index (χ4v) is 4.00. The van der Waals surface area contributed by atoms with E-state index >= 15 is 0 Å². The van der Waals surface area contributed by atoms with Gasteiger partial charge in [0, 0.05) is 25.2 Å². The van der Waals surface area contributed by atoms with Gasteiger partial charge in [-0.15, -0.1) is 0 Å². The van der Waals surface area contributed by atoms with Crippen LogP contribution in [0.5, 0.6) is 5.75 Å². The smallest absolute Gasteiger partial charge is 0.119 e. The maximum absolute atomic E-state index is 6.24. The first-order valence-electron chi connectivity index (χ1n) is 8.96. The van der Waals surface area contributed by atoms with E-state index in [1.807, 2.05) is 25.1 Å². The van der Waals surface area contributed by atoms with Gasteiger partial charge in [-0.3, -0.25) is 4.90 Å². The van der Waals surface area contributed by atoms with E-state index in [1.54, 1.807) is 7.11 Å². The van der Waals surface area contributed by atoms with E-state index in [4.69, 9.17) is 13.9 Å². The SMILES string of the molecule is COc1ccc(NC2COC3(CCN(Cc4ccc(C)o4)C3)C2)cc1. The lowest BCUT2D eigenvalue weighted by Crippen LogP contribution is -2.33. The summed E-state index contributed by atoms with van der Waals surface area (Å²) in [5.74, 6) is 2.90. The summed E-state index contributed by atoms with van der Waals surface area (Å²) >= 11 is 0. The van der Waals surface area contributed by atoms with Gasteiger partial charge < -0.3 is 19.2 Å². The molecule has 1 aromatic carbocycles. The Bertz CT molecular complexity index is 712. The summed E-state index contributed by atoms with van der Waals surface area (Å²) in [6, 6.07) is 12.5. The highest BCUT2D eigenvalue weighted by atomic mass is 16.5. The molecule has 0 radical (unpaired) electrons. The minimum absolute atomic E-state index is 0.00816. The van der Waals surface area contributed by atoms with Crippen molar-refractivity contribution >= 4 is 5.69 Å². The zero-order chi connectivity index (χ0) is 17.3. The molecule has 1 N–H and O–H groups in total. The van der Waals surface area contributed by atoms with Gasteiger partial charge in [-0.2, -0.15) is 0 Å². The number of ether oxygens (including phenoxy) is 2. The Labute approximate surface area is 148 Å². The summed E-state index contributed by atoms with van der Waals surface area (Å²) in [5, 5.41) is 3.59. The van der Waals surface area contributed by atoms with E-state index < -0.39 is 0 Å². The minimum atomic E-state index is -0.00816. The molecular weight excluding hydrogens is 316 g/mol. The molecule has 0 amide bonds. The van der Waals surface area contributed by atoms with Gasteiger partial charge in [0.2, 0.25) is 0 Å². The van der Waals surface area contributed by atoms with E-state index in [9.17, 15) is 0 Å². The monoisotopic (exact) mass is 342 g/mol.